The lowest BCUT2D eigenvalue weighted by atomic mass is 10.0. The Balaban J connectivity index is 1.60. The smallest absolute Gasteiger partial charge is 0.308 e. The number of nitrogens with zero attached hydrogens (tertiary/aromatic N) is 7. The maximum Gasteiger partial charge on any atom is 0.308 e. The second kappa shape index (κ2) is 11.1. The summed E-state index contributed by atoms with van der Waals surface area (Å²) in [6.07, 6.45) is 5.38. The molecule has 0 unspecified atom stereocenters. The van der Waals surface area contributed by atoms with E-state index in [0.29, 0.717) is 37.5 Å². The fourth-order valence-electron chi connectivity index (χ4n) is 4.25. The summed E-state index contributed by atoms with van der Waals surface area (Å²) in [5, 5.41) is 18.9. The van der Waals surface area contributed by atoms with E-state index in [1.165, 1.54) is 0 Å². The molecule has 0 radical (unpaired) electrons. The third kappa shape index (κ3) is 5.52. The molecule has 4 rings (SSSR count). The van der Waals surface area contributed by atoms with E-state index in [-0.39, 0.29) is 18.2 Å². The van der Waals surface area contributed by atoms with Crippen molar-refractivity contribution >= 4 is 0 Å². The SMILES string of the molecule is CCCCc1nc(C(F)(F)CCCC)nn1Cc1ccc(-n2ccc(C(C)C)c2-c2nn[nH]n2)cc1. The van der Waals surface area contributed by atoms with Crippen LogP contribution in [0.1, 0.15) is 88.5 Å². The summed E-state index contributed by atoms with van der Waals surface area (Å²) in [7, 11) is 0. The maximum absolute atomic E-state index is 14.7. The van der Waals surface area contributed by atoms with Crippen molar-refractivity contribution in [2.24, 2.45) is 0 Å². The molecule has 0 saturated carbocycles. The summed E-state index contributed by atoms with van der Waals surface area (Å²) >= 11 is 0. The number of unbranched alkanes of at least 4 members (excludes halogenated alkanes) is 2. The normalized spacial score (nSPS) is 12.1. The Hall–Kier alpha value is -3.43. The van der Waals surface area contributed by atoms with Gasteiger partial charge in [-0.3, -0.25) is 0 Å². The third-order valence-electron chi connectivity index (χ3n) is 6.32. The van der Waals surface area contributed by atoms with Gasteiger partial charge < -0.3 is 4.57 Å². The van der Waals surface area contributed by atoms with E-state index in [1.54, 1.807) is 4.68 Å². The van der Waals surface area contributed by atoms with Crippen LogP contribution >= 0.6 is 0 Å². The lowest BCUT2D eigenvalue weighted by Crippen LogP contribution is -2.16. The minimum absolute atomic E-state index is 0.229. The van der Waals surface area contributed by atoms with E-state index in [4.69, 9.17) is 0 Å². The number of aromatic amines is 1. The Bertz CT molecular complexity index is 1240. The number of nitrogens with one attached hydrogen (secondary N) is 1. The van der Waals surface area contributed by atoms with E-state index >= 15 is 0 Å². The highest BCUT2D eigenvalue weighted by atomic mass is 19.3. The quantitative estimate of drug-likeness (QED) is 0.258. The molecule has 1 N–H and O–H groups in total. The highest BCUT2D eigenvalue weighted by Gasteiger charge is 2.36. The molecule has 4 aromatic rings. The van der Waals surface area contributed by atoms with Gasteiger partial charge in [-0.2, -0.15) is 14.0 Å². The summed E-state index contributed by atoms with van der Waals surface area (Å²) in [6.45, 7) is 8.62. The summed E-state index contributed by atoms with van der Waals surface area (Å²) in [5.74, 6) is -1.94. The standard InChI is InChI=1S/C26H34F2N8/c1-5-7-9-22-29-25(26(27,28)15-8-6-2)32-36(22)17-19-10-12-20(13-11-19)35-16-14-21(18(3)4)23(35)24-30-33-34-31-24/h10-14,16,18H,5-9,15,17H2,1-4H3,(H,30,31,33,34). The molecule has 3 heterocycles. The second-order valence-electron chi connectivity index (χ2n) is 9.47. The molecular weight excluding hydrogens is 462 g/mol. The molecule has 8 nitrogen and oxygen atoms in total. The first-order valence-electron chi connectivity index (χ1n) is 12.7. The first kappa shape index (κ1) is 25.7. The fourth-order valence-corrected chi connectivity index (χ4v) is 4.25. The maximum atomic E-state index is 14.7. The molecule has 3 aromatic heterocycles. The van der Waals surface area contributed by atoms with Crippen molar-refractivity contribution in [1.29, 1.82) is 0 Å². The van der Waals surface area contributed by atoms with Crippen LogP contribution in [0.3, 0.4) is 0 Å². The van der Waals surface area contributed by atoms with E-state index in [1.807, 2.05) is 42.0 Å². The molecule has 0 aliphatic carbocycles. The number of tetrazole rings is 1. The van der Waals surface area contributed by atoms with Gasteiger partial charge in [-0.05, 0) is 53.3 Å². The zero-order valence-electron chi connectivity index (χ0n) is 21.4. The van der Waals surface area contributed by atoms with E-state index in [0.717, 1.165) is 35.3 Å². The monoisotopic (exact) mass is 496 g/mol. The van der Waals surface area contributed by atoms with Crippen LogP contribution in [-0.4, -0.2) is 40.0 Å². The van der Waals surface area contributed by atoms with Gasteiger partial charge in [-0.1, -0.05) is 52.7 Å². The number of hydrogen-bond donors (Lipinski definition) is 1. The second-order valence-corrected chi connectivity index (χ2v) is 9.47. The molecule has 0 aliphatic rings. The third-order valence-corrected chi connectivity index (χ3v) is 6.32. The largest absolute Gasteiger partial charge is 0.313 e. The van der Waals surface area contributed by atoms with Crippen LogP contribution in [0.2, 0.25) is 0 Å². The van der Waals surface area contributed by atoms with Crippen LogP contribution in [-0.2, 0) is 18.9 Å². The van der Waals surface area contributed by atoms with Gasteiger partial charge in [0.15, 0.2) is 0 Å². The highest BCUT2D eigenvalue weighted by Crippen LogP contribution is 2.32. The molecule has 0 aliphatic heterocycles. The zero-order chi connectivity index (χ0) is 25.7. The van der Waals surface area contributed by atoms with Crippen molar-refractivity contribution in [3.63, 3.8) is 0 Å². The summed E-state index contributed by atoms with van der Waals surface area (Å²) < 4.78 is 33.1. The highest BCUT2D eigenvalue weighted by molar-refractivity contribution is 5.61. The molecule has 0 bridgehead atoms. The lowest BCUT2D eigenvalue weighted by Gasteiger charge is -2.12. The number of halogens is 2. The van der Waals surface area contributed by atoms with Crippen molar-refractivity contribution in [2.45, 2.75) is 84.6 Å². The van der Waals surface area contributed by atoms with Crippen LogP contribution < -0.4 is 0 Å². The molecule has 0 saturated heterocycles. The number of alkyl halides is 2. The van der Waals surface area contributed by atoms with Crippen molar-refractivity contribution in [1.82, 2.24) is 40.0 Å². The van der Waals surface area contributed by atoms with Crippen molar-refractivity contribution < 1.29 is 8.78 Å². The Morgan fingerprint density at radius 2 is 1.78 bits per heavy atom. The minimum atomic E-state index is -3.01. The average molecular weight is 497 g/mol. The zero-order valence-corrected chi connectivity index (χ0v) is 21.4. The van der Waals surface area contributed by atoms with Gasteiger partial charge in [-0.25, -0.2) is 9.67 Å². The molecule has 0 spiro atoms. The molecule has 192 valence electrons. The summed E-state index contributed by atoms with van der Waals surface area (Å²) in [4.78, 5) is 4.27. The van der Waals surface area contributed by atoms with Crippen LogP contribution in [0.4, 0.5) is 8.78 Å². The van der Waals surface area contributed by atoms with Gasteiger partial charge in [0.1, 0.15) is 5.82 Å². The number of benzene rings is 1. The van der Waals surface area contributed by atoms with Gasteiger partial charge in [0.05, 0.1) is 12.2 Å². The van der Waals surface area contributed by atoms with Crippen LogP contribution in [0.5, 0.6) is 0 Å². The van der Waals surface area contributed by atoms with Crippen LogP contribution in [0, 0.1) is 0 Å². The topological polar surface area (TPSA) is 90.1 Å². The average Bonchev–Trinajstić information content (AvgIpc) is 3.61. The van der Waals surface area contributed by atoms with E-state index < -0.39 is 5.92 Å². The van der Waals surface area contributed by atoms with Gasteiger partial charge in [0.25, 0.3) is 0 Å². The first-order valence-corrected chi connectivity index (χ1v) is 12.7. The predicted octanol–water partition coefficient (Wildman–Crippen LogP) is 6.05. The van der Waals surface area contributed by atoms with Crippen LogP contribution in [0.15, 0.2) is 36.5 Å². The Labute approximate surface area is 210 Å². The molecule has 1 aromatic carbocycles. The molecule has 36 heavy (non-hydrogen) atoms. The number of H-pyrrole nitrogens is 1. The van der Waals surface area contributed by atoms with Gasteiger partial charge >= 0.3 is 5.92 Å². The number of rotatable bonds is 12. The van der Waals surface area contributed by atoms with E-state index in [9.17, 15) is 8.78 Å². The minimum Gasteiger partial charge on any atom is -0.313 e. The number of aromatic nitrogens is 8. The fraction of sp³-hybridized carbons (Fsp3) is 0.500. The summed E-state index contributed by atoms with van der Waals surface area (Å²) in [6, 6.07) is 10.1. The molecule has 0 amide bonds. The molecule has 10 heteroatoms. The Morgan fingerprint density at radius 3 is 2.42 bits per heavy atom. The van der Waals surface area contributed by atoms with Gasteiger partial charge in [0.2, 0.25) is 11.6 Å². The first-order chi connectivity index (χ1) is 17.3. The Morgan fingerprint density at radius 1 is 1.03 bits per heavy atom. The van der Waals surface area contributed by atoms with Crippen molar-refractivity contribution in [2.75, 3.05) is 0 Å². The molecule has 0 fully saturated rings. The molecule has 0 atom stereocenters. The Kier molecular flexibility index (Phi) is 7.91. The lowest BCUT2D eigenvalue weighted by molar-refractivity contribution is -0.0245. The summed E-state index contributed by atoms with van der Waals surface area (Å²) in [5.41, 5.74) is 3.92. The van der Waals surface area contributed by atoms with Crippen molar-refractivity contribution in [3.05, 3.63) is 59.3 Å². The van der Waals surface area contributed by atoms with E-state index in [2.05, 4.69) is 57.5 Å². The van der Waals surface area contributed by atoms with Crippen LogP contribution in [0.25, 0.3) is 17.2 Å². The number of aryl methyl sites for hydroxylation is 1. The predicted molar refractivity (Wildman–Crippen MR) is 134 cm³/mol. The molecular formula is C26H34F2N8. The van der Waals surface area contributed by atoms with Gasteiger partial charge in [0, 0.05) is 24.7 Å². The number of hydrogen-bond acceptors (Lipinski definition) is 5. The van der Waals surface area contributed by atoms with Crippen molar-refractivity contribution in [3.8, 4) is 17.2 Å². The van der Waals surface area contributed by atoms with Gasteiger partial charge in [-0.15, -0.1) is 15.3 Å².